The Labute approximate surface area is 149 Å². The summed E-state index contributed by atoms with van der Waals surface area (Å²) in [6, 6.07) is 18.1. The number of hydrogen-bond acceptors (Lipinski definition) is 3. The fraction of sp³-hybridized carbons (Fsp3) is 0.350. The van der Waals surface area contributed by atoms with E-state index in [4.69, 9.17) is 4.74 Å². The Morgan fingerprint density at radius 2 is 1.92 bits per heavy atom. The fourth-order valence-electron chi connectivity index (χ4n) is 2.99. The number of para-hydroxylation sites is 2. The number of fused-ring (bicyclic) bond motifs is 1. The van der Waals surface area contributed by atoms with Crippen molar-refractivity contribution in [3.8, 4) is 5.75 Å². The number of hydrogen-bond donors (Lipinski definition) is 2. The molecule has 0 aromatic heterocycles. The molecule has 3 rings (SSSR count). The Balaban J connectivity index is 1.35. The second-order valence-electron chi connectivity index (χ2n) is 6.33. The number of urea groups is 1. The van der Waals surface area contributed by atoms with Gasteiger partial charge >= 0.3 is 6.03 Å². The zero-order valence-corrected chi connectivity index (χ0v) is 14.6. The molecule has 1 heterocycles. The third-order valence-corrected chi connectivity index (χ3v) is 4.37. The summed E-state index contributed by atoms with van der Waals surface area (Å²) in [6.45, 7) is 2.05. The van der Waals surface area contributed by atoms with Gasteiger partial charge in [-0.05, 0) is 36.6 Å². The normalized spacial score (nSPS) is 15.6. The number of carbonyl (C=O) groups excluding carboxylic acids is 1. The van der Waals surface area contributed by atoms with Crippen LogP contribution in [0.2, 0.25) is 0 Å². The molecule has 0 saturated carbocycles. The Morgan fingerprint density at radius 3 is 2.76 bits per heavy atom. The summed E-state index contributed by atoms with van der Waals surface area (Å²) in [7, 11) is 2.06. The summed E-state index contributed by atoms with van der Waals surface area (Å²) in [5.41, 5.74) is 2.33. The van der Waals surface area contributed by atoms with Gasteiger partial charge in [-0.25, -0.2) is 4.79 Å². The second-order valence-corrected chi connectivity index (χ2v) is 6.33. The maximum atomic E-state index is 12.0. The molecule has 0 bridgehead atoms. The van der Waals surface area contributed by atoms with Gasteiger partial charge in [0.25, 0.3) is 0 Å². The smallest absolute Gasteiger partial charge is 0.315 e. The molecule has 0 unspecified atom stereocenters. The van der Waals surface area contributed by atoms with Crippen LogP contribution in [0.4, 0.5) is 10.5 Å². The van der Waals surface area contributed by atoms with Gasteiger partial charge in [0.2, 0.25) is 0 Å². The highest BCUT2D eigenvalue weighted by atomic mass is 16.5. The Morgan fingerprint density at radius 1 is 1.16 bits per heavy atom. The average Bonchev–Trinajstić information content (AvgIpc) is 2.65. The first-order chi connectivity index (χ1) is 12.2. The quantitative estimate of drug-likeness (QED) is 0.796. The van der Waals surface area contributed by atoms with E-state index in [0.29, 0.717) is 13.2 Å². The van der Waals surface area contributed by atoms with Crippen molar-refractivity contribution in [2.24, 2.45) is 0 Å². The van der Waals surface area contributed by atoms with E-state index in [0.717, 1.165) is 30.7 Å². The Kier molecular flexibility index (Phi) is 5.77. The maximum absolute atomic E-state index is 12.0. The van der Waals surface area contributed by atoms with Crippen LogP contribution in [0, 0.1) is 0 Å². The zero-order chi connectivity index (χ0) is 17.5. The lowest BCUT2D eigenvalue weighted by Crippen LogP contribution is -2.47. The molecule has 2 amide bonds. The molecule has 0 saturated heterocycles. The highest BCUT2D eigenvalue weighted by Gasteiger charge is 2.20. The molecule has 0 fully saturated rings. The monoisotopic (exact) mass is 339 g/mol. The van der Waals surface area contributed by atoms with Crippen molar-refractivity contribution in [1.29, 1.82) is 0 Å². The standard InChI is InChI=1S/C20H25N3O2/c1-23(18-9-3-2-4-10-18)13-7-12-21-20(24)22-17-14-16-8-5-6-11-19(16)25-15-17/h2-6,8-11,17H,7,12-15H2,1H3,(H2,21,22,24)/t17-/m1/s1. The Hall–Kier alpha value is -2.69. The first-order valence-electron chi connectivity index (χ1n) is 8.73. The number of amides is 2. The Bertz CT molecular complexity index is 690. The molecule has 1 aliphatic rings. The van der Waals surface area contributed by atoms with E-state index in [2.05, 4.69) is 34.7 Å². The summed E-state index contributed by atoms with van der Waals surface area (Å²) in [4.78, 5) is 14.2. The van der Waals surface area contributed by atoms with Crippen molar-refractivity contribution in [3.63, 3.8) is 0 Å². The molecule has 2 N–H and O–H groups in total. The summed E-state index contributed by atoms with van der Waals surface area (Å²) < 4.78 is 5.69. The van der Waals surface area contributed by atoms with Crippen LogP contribution in [-0.4, -0.2) is 38.8 Å². The number of benzene rings is 2. The van der Waals surface area contributed by atoms with Crippen molar-refractivity contribution >= 4 is 11.7 Å². The first-order valence-corrected chi connectivity index (χ1v) is 8.73. The number of nitrogens with zero attached hydrogens (tertiary/aromatic N) is 1. The van der Waals surface area contributed by atoms with Gasteiger partial charge in [0.15, 0.2) is 0 Å². The zero-order valence-electron chi connectivity index (χ0n) is 14.6. The average molecular weight is 339 g/mol. The maximum Gasteiger partial charge on any atom is 0.315 e. The van der Waals surface area contributed by atoms with E-state index >= 15 is 0 Å². The predicted octanol–water partition coefficient (Wildman–Crippen LogP) is 2.82. The predicted molar refractivity (Wildman–Crippen MR) is 100 cm³/mol. The molecule has 5 nitrogen and oxygen atoms in total. The molecule has 2 aromatic rings. The van der Waals surface area contributed by atoms with Crippen LogP contribution < -0.4 is 20.3 Å². The third-order valence-electron chi connectivity index (χ3n) is 4.37. The van der Waals surface area contributed by atoms with Crippen LogP contribution in [0.5, 0.6) is 5.75 Å². The van der Waals surface area contributed by atoms with Gasteiger partial charge in [-0.2, -0.15) is 0 Å². The third kappa shape index (κ3) is 4.89. The van der Waals surface area contributed by atoms with E-state index in [1.54, 1.807) is 0 Å². The molecule has 5 heteroatoms. The summed E-state index contributed by atoms with van der Waals surface area (Å²) in [5.74, 6) is 0.921. The van der Waals surface area contributed by atoms with Gasteiger partial charge in [0.1, 0.15) is 12.4 Å². The summed E-state index contributed by atoms with van der Waals surface area (Å²) in [6.07, 6.45) is 1.70. The molecule has 1 atom stereocenters. The lowest BCUT2D eigenvalue weighted by molar-refractivity contribution is 0.214. The van der Waals surface area contributed by atoms with Gasteiger partial charge in [-0.1, -0.05) is 36.4 Å². The summed E-state index contributed by atoms with van der Waals surface area (Å²) in [5, 5.41) is 5.92. The van der Waals surface area contributed by atoms with Crippen LogP contribution in [0.1, 0.15) is 12.0 Å². The lowest BCUT2D eigenvalue weighted by atomic mass is 10.0. The van der Waals surface area contributed by atoms with Crippen molar-refractivity contribution in [2.75, 3.05) is 31.6 Å². The molecule has 0 radical (unpaired) electrons. The minimum atomic E-state index is -0.129. The second kappa shape index (κ2) is 8.42. The number of nitrogens with one attached hydrogen (secondary N) is 2. The molecule has 25 heavy (non-hydrogen) atoms. The van der Waals surface area contributed by atoms with Gasteiger partial charge in [-0.3, -0.25) is 0 Å². The van der Waals surface area contributed by atoms with Gasteiger partial charge in [0.05, 0.1) is 6.04 Å². The number of rotatable bonds is 6. The first kappa shape index (κ1) is 17.1. The molecular formula is C20H25N3O2. The van der Waals surface area contributed by atoms with Crippen molar-refractivity contribution < 1.29 is 9.53 Å². The topological polar surface area (TPSA) is 53.6 Å². The van der Waals surface area contributed by atoms with E-state index in [1.807, 2.05) is 42.5 Å². The fourth-order valence-corrected chi connectivity index (χ4v) is 2.99. The van der Waals surface area contributed by atoms with E-state index < -0.39 is 0 Å². The van der Waals surface area contributed by atoms with Crippen LogP contribution in [0.15, 0.2) is 54.6 Å². The van der Waals surface area contributed by atoms with Crippen molar-refractivity contribution in [1.82, 2.24) is 10.6 Å². The minimum Gasteiger partial charge on any atom is -0.491 e. The van der Waals surface area contributed by atoms with E-state index in [9.17, 15) is 4.79 Å². The largest absolute Gasteiger partial charge is 0.491 e. The van der Waals surface area contributed by atoms with Crippen molar-refractivity contribution in [2.45, 2.75) is 18.9 Å². The van der Waals surface area contributed by atoms with E-state index in [1.165, 1.54) is 5.69 Å². The highest BCUT2D eigenvalue weighted by molar-refractivity contribution is 5.74. The van der Waals surface area contributed by atoms with Crippen molar-refractivity contribution in [3.05, 3.63) is 60.2 Å². The number of anilines is 1. The van der Waals surface area contributed by atoms with Crippen LogP contribution in [-0.2, 0) is 6.42 Å². The number of carbonyl (C=O) groups is 1. The van der Waals surface area contributed by atoms with Crippen LogP contribution in [0.25, 0.3) is 0 Å². The van der Waals surface area contributed by atoms with Gasteiger partial charge in [-0.15, -0.1) is 0 Å². The summed E-state index contributed by atoms with van der Waals surface area (Å²) >= 11 is 0. The molecule has 0 spiro atoms. The van der Waals surface area contributed by atoms with Crippen LogP contribution >= 0.6 is 0 Å². The highest BCUT2D eigenvalue weighted by Crippen LogP contribution is 2.23. The lowest BCUT2D eigenvalue weighted by Gasteiger charge is -2.26. The molecule has 132 valence electrons. The minimum absolute atomic E-state index is 0.0156. The SMILES string of the molecule is CN(CCCNC(=O)N[C@H]1COc2ccccc2C1)c1ccccc1. The molecule has 1 aliphatic heterocycles. The van der Waals surface area contributed by atoms with E-state index in [-0.39, 0.29) is 12.1 Å². The molecular weight excluding hydrogens is 314 g/mol. The van der Waals surface area contributed by atoms with Crippen LogP contribution in [0.3, 0.4) is 0 Å². The molecule has 2 aromatic carbocycles. The van der Waals surface area contributed by atoms with Gasteiger partial charge in [0, 0.05) is 25.8 Å². The number of ether oxygens (including phenoxy) is 1. The van der Waals surface area contributed by atoms with Gasteiger partial charge < -0.3 is 20.3 Å². The molecule has 0 aliphatic carbocycles.